The number of aromatic nitrogens is 5. The summed E-state index contributed by atoms with van der Waals surface area (Å²) in [4.78, 5) is 27.7. The number of nitriles is 1. The van der Waals surface area contributed by atoms with E-state index in [0.29, 0.717) is 57.7 Å². The molecular formula is C24H20BrFN8O. The molecule has 6 rings (SSSR count). The summed E-state index contributed by atoms with van der Waals surface area (Å²) in [7, 11) is 0. The third-order valence-corrected chi connectivity index (χ3v) is 7.34. The van der Waals surface area contributed by atoms with Crippen LogP contribution in [-0.4, -0.2) is 54.7 Å². The average Bonchev–Trinajstić information content (AvgIpc) is 3.43. The SMILES string of the molecule is N#CC1CN(C(=O)[C@@H]2CC[C@@H](Nc3ncc4c(Br)nn(-c5cc(F)c6ncccc6c5)c4n3)C2)C1. The van der Waals surface area contributed by atoms with Gasteiger partial charge in [0, 0.05) is 48.9 Å². The van der Waals surface area contributed by atoms with E-state index < -0.39 is 5.82 Å². The monoisotopic (exact) mass is 534 g/mol. The molecule has 2 fully saturated rings. The molecule has 1 saturated carbocycles. The second-order valence-corrected chi connectivity index (χ2v) is 9.81. The van der Waals surface area contributed by atoms with Crippen molar-refractivity contribution in [3.05, 3.63) is 47.1 Å². The minimum atomic E-state index is -0.435. The number of nitrogens with zero attached hydrogens (tertiary/aromatic N) is 7. The molecule has 1 aliphatic carbocycles. The molecule has 1 aliphatic heterocycles. The van der Waals surface area contributed by atoms with Crippen LogP contribution in [0.2, 0.25) is 0 Å². The molecule has 0 unspecified atom stereocenters. The van der Waals surface area contributed by atoms with Crippen LogP contribution in [0.3, 0.4) is 0 Å². The molecule has 0 radical (unpaired) electrons. The van der Waals surface area contributed by atoms with Gasteiger partial charge >= 0.3 is 0 Å². The molecule has 176 valence electrons. The van der Waals surface area contributed by atoms with Crippen LogP contribution in [-0.2, 0) is 4.79 Å². The Morgan fingerprint density at radius 2 is 2.11 bits per heavy atom. The molecule has 1 saturated heterocycles. The molecule has 3 aromatic heterocycles. The van der Waals surface area contributed by atoms with E-state index in [0.717, 1.165) is 12.8 Å². The number of rotatable bonds is 4. The molecule has 4 aromatic rings. The number of benzene rings is 1. The van der Waals surface area contributed by atoms with Gasteiger partial charge in [0.2, 0.25) is 11.9 Å². The maximum absolute atomic E-state index is 14.7. The summed E-state index contributed by atoms with van der Waals surface area (Å²) in [5.74, 6) is 0.0403. The molecule has 2 atom stereocenters. The number of nitrogens with one attached hydrogen (secondary N) is 1. The lowest BCUT2D eigenvalue weighted by Crippen LogP contribution is -2.51. The second kappa shape index (κ2) is 8.53. The molecule has 1 aromatic carbocycles. The number of amides is 1. The van der Waals surface area contributed by atoms with Crippen molar-refractivity contribution in [1.82, 2.24) is 29.6 Å². The predicted molar refractivity (Wildman–Crippen MR) is 130 cm³/mol. The third-order valence-electron chi connectivity index (χ3n) is 6.76. The molecule has 2 aliphatic rings. The first-order valence-corrected chi connectivity index (χ1v) is 12.2. The number of likely N-dealkylation sites (tertiary alicyclic amines) is 1. The van der Waals surface area contributed by atoms with Crippen LogP contribution >= 0.6 is 15.9 Å². The van der Waals surface area contributed by atoms with Crippen molar-refractivity contribution >= 4 is 49.7 Å². The summed E-state index contributed by atoms with van der Waals surface area (Å²) in [6.45, 7) is 1.07. The van der Waals surface area contributed by atoms with Crippen molar-refractivity contribution in [1.29, 1.82) is 5.26 Å². The lowest BCUT2D eigenvalue weighted by molar-refractivity contribution is -0.140. The van der Waals surface area contributed by atoms with Gasteiger partial charge in [0.1, 0.15) is 10.1 Å². The van der Waals surface area contributed by atoms with Gasteiger partial charge in [0.15, 0.2) is 11.5 Å². The summed E-state index contributed by atoms with van der Waals surface area (Å²) in [5.41, 5.74) is 1.36. The molecular weight excluding hydrogens is 515 g/mol. The summed E-state index contributed by atoms with van der Waals surface area (Å²) in [6.07, 6.45) is 5.56. The Bertz CT molecular complexity index is 1510. The van der Waals surface area contributed by atoms with Gasteiger partial charge in [-0.2, -0.15) is 15.3 Å². The number of hydrogen-bond acceptors (Lipinski definition) is 7. The standard InChI is InChI=1S/C24H20BrFN8O/c25-21-18-10-29-24(30-16-4-3-15(6-16)23(35)33-11-13(9-27)12-33)31-22(18)34(32-21)17-7-14-2-1-5-28-20(14)19(26)8-17/h1-2,5,7-8,10,13,15-16H,3-4,6,11-12H2,(H,29,30,31)/t15-,16-/m1/s1. The lowest BCUT2D eigenvalue weighted by atomic mass is 9.97. The average molecular weight is 535 g/mol. The van der Waals surface area contributed by atoms with Crippen molar-refractivity contribution in [3.8, 4) is 11.8 Å². The Labute approximate surface area is 208 Å². The van der Waals surface area contributed by atoms with E-state index in [4.69, 9.17) is 5.26 Å². The van der Waals surface area contributed by atoms with Crippen LogP contribution in [0.15, 0.2) is 41.3 Å². The first-order valence-electron chi connectivity index (χ1n) is 11.4. The number of halogens is 2. The number of pyridine rings is 1. The molecule has 0 spiro atoms. The van der Waals surface area contributed by atoms with Gasteiger partial charge < -0.3 is 10.2 Å². The van der Waals surface area contributed by atoms with Gasteiger partial charge in [-0.25, -0.2) is 14.1 Å². The van der Waals surface area contributed by atoms with Crippen molar-refractivity contribution in [3.63, 3.8) is 0 Å². The van der Waals surface area contributed by atoms with Crippen molar-refractivity contribution in [2.75, 3.05) is 18.4 Å². The minimum Gasteiger partial charge on any atom is -0.351 e. The fraction of sp³-hybridized carbons (Fsp3) is 0.333. The van der Waals surface area contributed by atoms with Crippen molar-refractivity contribution in [2.45, 2.75) is 25.3 Å². The zero-order valence-corrected chi connectivity index (χ0v) is 20.1. The maximum atomic E-state index is 14.7. The van der Waals surface area contributed by atoms with Crippen LogP contribution in [0.4, 0.5) is 10.3 Å². The fourth-order valence-corrected chi connectivity index (χ4v) is 5.33. The van der Waals surface area contributed by atoms with E-state index in [1.807, 2.05) is 6.07 Å². The third kappa shape index (κ3) is 3.87. The van der Waals surface area contributed by atoms with E-state index in [9.17, 15) is 9.18 Å². The van der Waals surface area contributed by atoms with E-state index >= 15 is 0 Å². The Morgan fingerprint density at radius 3 is 2.94 bits per heavy atom. The Morgan fingerprint density at radius 1 is 1.26 bits per heavy atom. The van der Waals surface area contributed by atoms with Crippen molar-refractivity contribution in [2.24, 2.45) is 11.8 Å². The molecule has 11 heteroatoms. The van der Waals surface area contributed by atoms with Crippen LogP contribution in [0.5, 0.6) is 0 Å². The Balaban J connectivity index is 1.24. The molecule has 1 N–H and O–H groups in total. The lowest BCUT2D eigenvalue weighted by Gasteiger charge is -2.37. The maximum Gasteiger partial charge on any atom is 0.225 e. The summed E-state index contributed by atoms with van der Waals surface area (Å²) < 4.78 is 16.9. The highest BCUT2D eigenvalue weighted by atomic mass is 79.9. The summed E-state index contributed by atoms with van der Waals surface area (Å²) in [6, 6.07) is 9.05. The molecule has 4 heterocycles. The van der Waals surface area contributed by atoms with Gasteiger partial charge in [-0.3, -0.25) is 9.78 Å². The zero-order chi connectivity index (χ0) is 24.1. The van der Waals surface area contributed by atoms with E-state index in [-0.39, 0.29) is 23.8 Å². The van der Waals surface area contributed by atoms with Crippen LogP contribution in [0.25, 0.3) is 27.6 Å². The van der Waals surface area contributed by atoms with Gasteiger partial charge in [-0.1, -0.05) is 6.07 Å². The fourth-order valence-electron chi connectivity index (χ4n) is 4.89. The largest absolute Gasteiger partial charge is 0.351 e. The first-order chi connectivity index (χ1) is 17.0. The predicted octanol–water partition coefficient (Wildman–Crippen LogP) is 3.83. The van der Waals surface area contributed by atoms with Gasteiger partial charge in [0.25, 0.3) is 0 Å². The van der Waals surface area contributed by atoms with E-state index in [2.05, 4.69) is 47.4 Å². The highest BCUT2D eigenvalue weighted by molar-refractivity contribution is 9.10. The highest BCUT2D eigenvalue weighted by Crippen LogP contribution is 2.32. The highest BCUT2D eigenvalue weighted by Gasteiger charge is 2.38. The number of carbonyl (C=O) groups is 1. The van der Waals surface area contributed by atoms with E-state index in [1.54, 1.807) is 34.1 Å². The second-order valence-electron chi connectivity index (χ2n) is 9.06. The summed E-state index contributed by atoms with van der Waals surface area (Å²) >= 11 is 3.45. The van der Waals surface area contributed by atoms with Gasteiger partial charge in [-0.05, 0) is 47.3 Å². The first kappa shape index (κ1) is 21.9. The van der Waals surface area contributed by atoms with Crippen LogP contribution in [0.1, 0.15) is 19.3 Å². The normalized spacial score (nSPS) is 20.2. The molecule has 9 nitrogen and oxygen atoms in total. The molecule has 35 heavy (non-hydrogen) atoms. The van der Waals surface area contributed by atoms with Crippen LogP contribution in [0, 0.1) is 29.0 Å². The van der Waals surface area contributed by atoms with Gasteiger partial charge in [-0.15, -0.1) is 0 Å². The number of fused-ring (bicyclic) bond motifs is 2. The van der Waals surface area contributed by atoms with Crippen molar-refractivity contribution < 1.29 is 9.18 Å². The van der Waals surface area contributed by atoms with Gasteiger partial charge in [0.05, 0.1) is 23.1 Å². The zero-order valence-electron chi connectivity index (χ0n) is 18.5. The molecule has 0 bridgehead atoms. The number of hydrogen-bond donors (Lipinski definition) is 1. The quantitative estimate of drug-likeness (QED) is 0.423. The summed E-state index contributed by atoms with van der Waals surface area (Å²) in [5, 5.41) is 18.2. The van der Waals surface area contributed by atoms with E-state index in [1.165, 1.54) is 6.07 Å². The topological polar surface area (TPSA) is 113 Å². The minimum absolute atomic E-state index is 0.0362. The number of carbonyl (C=O) groups excluding carboxylic acids is 1. The molecule has 1 amide bonds. The Hall–Kier alpha value is -3.65. The smallest absolute Gasteiger partial charge is 0.225 e. The number of anilines is 1. The Kier molecular flexibility index (Phi) is 5.33. The van der Waals surface area contributed by atoms with Crippen LogP contribution < -0.4 is 5.32 Å².